The molecule has 4 aromatic rings. The number of pyridine rings is 1. The first-order chi connectivity index (χ1) is 13.6. The molecule has 3 aromatic heterocycles. The third-order valence-corrected chi connectivity index (χ3v) is 5.22. The van der Waals surface area contributed by atoms with Crippen molar-refractivity contribution in [3.8, 4) is 11.4 Å². The summed E-state index contributed by atoms with van der Waals surface area (Å²) in [6, 6.07) is 5.88. The summed E-state index contributed by atoms with van der Waals surface area (Å²) in [7, 11) is 1.90. The Kier molecular flexibility index (Phi) is 3.87. The summed E-state index contributed by atoms with van der Waals surface area (Å²) in [6.45, 7) is 5.68. The molecule has 0 amide bonds. The second-order valence-electron chi connectivity index (χ2n) is 7.25. The maximum Gasteiger partial charge on any atom is 0.260 e. The third kappa shape index (κ3) is 2.82. The van der Waals surface area contributed by atoms with Crippen LogP contribution in [-0.2, 0) is 7.05 Å². The van der Waals surface area contributed by atoms with Gasteiger partial charge in [0, 0.05) is 50.4 Å². The summed E-state index contributed by atoms with van der Waals surface area (Å²) in [5, 5.41) is 9.33. The molecular weight excluding hydrogens is 354 g/mol. The highest BCUT2D eigenvalue weighted by atomic mass is 16.1. The van der Waals surface area contributed by atoms with Crippen LogP contribution in [0, 0.1) is 6.92 Å². The van der Waals surface area contributed by atoms with E-state index in [2.05, 4.69) is 30.3 Å². The Morgan fingerprint density at radius 3 is 2.79 bits per heavy atom. The number of nitrogens with one attached hydrogen (secondary N) is 2. The van der Waals surface area contributed by atoms with Crippen molar-refractivity contribution in [2.75, 3.05) is 31.1 Å². The molecular formula is C20H21N7O. The minimum Gasteiger partial charge on any atom is -0.368 e. The van der Waals surface area contributed by atoms with E-state index in [1.165, 1.54) is 0 Å². The second-order valence-corrected chi connectivity index (χ2v) is 7.25. The maximum absolute atomic E-state index is 12.8. The lowest BCUT2D eigenvalue weighted by Gasteiger charge is -2.29. The molecule has 4 heterocycles. The van der Waals surface area contributed by atoms with E-state index in [9.17, 15) is 4.79 Å². The molecule has 1 aromatic carbocycles. The molecule has 0 spiro atoms. The quantitative estimate of drug-likeness (QED) is 0.553. The molecule has 1 fully saturated rings. The lowest BCUT2D eigenvalue weighted by molar-refractivity contribution is 0.589. The molecule has 8 nitrogen and oxygen atoms in total. The van der Waals surface area contributed by atoms with Crippen LogP contribution in [0.3, 0.4) is 0 Å². The molecule has 0 aliphatic carbocycles. The Hall–Kier alpha value is -3.26. The lowest BCUT2D eigenvalue weighted by Crippen LogP contribution is -2.43. The van der Waals surface area contributed by atoms with Gasteiger partial charge in [0.05, 0.1) is 22.8 Å². The molecule has 2 N–H and O–H groups in total. The Bertz CT molecular complexity index is 1250. The van der Waals surface area contributed by atoms with Crippen LogP contribution < -0.4 is 15.8 Å². The van der Waals surface area contributed by atoms with Gasteiger partial charge in [-0.2, -0.15) is 5.10 Å². The zero-order valence-electron chi connectivity index (χ0n) is 15.9. The smallest absolute Gasteiger partial charge is 0.260 e. The molecule has 8 heteroatoms. The number of rotatable bonds is 2. The number of benzene rings is 1. The Labute approximate surface area is 161 Å². The topological polar surface area (TPSA) is 91.7 Å². The molecule has 0 bridgehead atoms. The minimum absolute atomic E-state index is 0.173. The molecule has 1 aliphatic rings. The van der Waals surface area contributed by atoms with Crippen molar-refractivity contribution in [1.82, 2.24) is 30.0 Å². The highest BCUT2D eigenvalue weighted by Crippen LogP contribution is 2.25. The highest BCUT2D eigenvalue weighted by Gasteiger charge is 2.14. The predicted octanol–water partition coefficient (Wildman–Crippen LogP) is 1.59. The van der Waals surface area contributed by atoms with Crippen LogP contribution in [0.5, 0.6) is 0 Å². The number of aromatic amines is 1. The van der Waals surface area contributed by atoms with Gasteiger partial charge in [-0.05, 0) is 30.7 Å². The number of piperazine rings is 1. The number of H-pyrrole nitrogens is 1. The summed E-state index contributed by atoms with van der Waals surface area (Å²) < 4.78 is 1.79. The van der Waals surface area contributed by atoms with Crippen molar-refractivity contribution in [2.24, 2.45) is 7.05 Å². The van der Waals surface area contributed by atoms with Gasteiger partial charge in [-0.25, -0.2) is 9.97 Å². The van der Waals surface area contributed by atoms with Crippen molar-refractivity contribution >= 4 is 27.6 Å². The van der Waals surface area contributed by atoms with E-state index < -0.39 is 0 Å². The van der Waals surface area contributed by atoms with Crippen molar-refractivity contribution in [3.63, 3.8) is 0 Å². The first kappa shape index (κ1) is 16.9. The largest absolute Gasteiger partial charge is 0.368 e. The molecule has 0 radical (unpaired) electrons. The predicted molar refractivity (Wildman–Crippen MR) is 110 cm³/mol. The summed E-state index contributed by atoms with van der Waals surface area (Å²) >= 11 is 0. The van der Waals surface area contributed by atoms with E-state index in [4.69, 9.17) is 0 Å². The lowest BCUT2D eigenvalue weighted by atomic mass is 10.1. The summed E-state index contributed by atoms with van der Waals surface area (Å²) in [5.41, 5.74) is 4.09. The third-order valence-electron chi connectivity index (χ3n) is 5.22. The van der Waals surface area contributed by atoms with Crippen molar-refractivity contribution < 1.29 is 0 Å². The normalized spacial score (nSPS) is 14.9. The fourth-order valence-electron chi connectivity index (χ4n) is 3.81. The monoisotopic (exact) mass is 375 g/mol. The molecule has 0 atom stereocenters. The zero-order chi connectivity index (χ0) is 19.3. The number of aryl methyl sites for hydroxylation is 2. The van der Waals surface area contributed by atoms with E-state index in [0.717, 1.165) is 53.9 Å². The molecule has 142 valence electrons. The van der Waals surface area contributed by atoms with Gasteiger partial charge < -0.3 is 15.2 Å². The molecule has 1 saturated heterocycles. The number of hydrogen-bond donors (Lipinski definition) is 2. The number of fused-ring (bicyclic) bond motifs is 2. The standard InChI is InChI=1S/C20H21N7O/c1-12-7-13(8-14-11-26(2)25-17(12)14)18-23-19-16(20(28)24-18)9-15(10-22-19)27-5-3-21-4-6-27/h7-11,21H,3-6H2,1-2H3,(H,22,23,24,28). The fraction of sp³-hybridized carbons (Fsp3) is 0.300. The summed E-state index contributed by atoms with van der Waals surface area (Å²) in [6.07, 6.45) is 3.77. The van der Waals surface area contributed by atoms with Crippen LogP contribution in [-0.4, -0.2) is 50.9 Å². The van der Waals surface area contributed by atoms with Gasteiger partial charge in [-0.3, -0.25) is 9.48 Å². The average molecular weight is 375 g/mol. The maximum atomic E-state index is 12.8. The molecule has 1 aliphatic heterocycles. The van der Waals surface area contributed by atoms with Crippen LogP contribution in [0.1, 0.15) is 5.56 Å². The van der Waals surface area contributed by atoms with Gasteiger partial charge in [-0.15, -0.1) is 0 Å². The summed E-state index contributed by atoms with van der Waals surface area (Å²) in [4.78, 5) is 27.0. The van der Waals surface area contributed by atoms with Gasteiger partial charge in [0.15, 0.2) is 5.65 Å². The van der Waals surface area contributed by atoms with Crippen LogP contribution in [0.2, 0.25) is 0 Å². The van der Waals surface area contributed by atoms with Gasteiger partial charge in [0.25, 0.3) is 5.56 Å². The van der Waals surface area contributed by atoms with E-state index in [0.29, 0.717) is 16.9 Å². The number of hydrogen-bond acceptors (Lipinski definition) is 6. The van der Waals surface area contributed by atoms with Gasteiger partial charge in [0.2, 0.25) is 0 Å². The average Bonchev–Trinajstić information content (AvgIpc) is 3.09. The molecule has 0 unspecified atom stereocenters. The van der Waals surface area contributed by atoms with Crippen molar-refractivity contribution in [3.05, 3.63) is 46.5 Å². The van der Waals surface area contributed by atoms with E-state index >= 15 is 0 Å². The van der Waals surface area contributed by atoms with E-state index in [1.54, 1.807) is 10.9 Å². The molecule has 28 heavy (non-hydrogen) atoms. The first-order valence-electron chi connectivity index (χ1n) is 9.38. The molecule has 5 rings (SSSR count). The van der Waals surface area contributed by atoms with Gasteiger partial charge in [0.1, 0.15) is 5.82 Å². The summed E-state index contributed by atoms with van der Waals surface area (Å²) in [5.74, 6) is 0.522. The SMILES string of the molecule is Cc1cc(-c2nc3ncc(N4CCNCC4)cc3c(=O)[nH]2)cc2cn(C)nc12. The number of anilines is 1. The number of nitrogens with zero attached hydrogens (tertiary/aromatic N) is 5. The van der Waals surface area contributed by atoms with Crippen molar-refractivity contribution in [2.45, 2.75) is 6.92 Å². The van der Waals surface area contributed by atoms with Crippen LogP contribution in [0.25, 0.3) is 33.3 Å². The Morgan fingerprint density at radius 1 is 1.14 bits per heavy atom. The van der Waals surface area contributed by atoms with Crippen molar-refractivity contribution in [1.29, 1.82) is 0 Å². The van der Waals surface area contributed by atoms with Gasteiger partial charge >= 0.3 is 0 Å². The second kappa shape index (κ2) is 6.42. The van der Waals surface area contributed by atoms with E-state index in [-0.39, 0.29) is 5.56 Å². The van der Waals surface area contributed by atoms with Crippen LogP contribution >= 0.6 is 0 Å². The fourth-order valence-corrected chi connectivity index (χ4v) is 3.81. The number of aromatic nitrogens is 5. The Balaban J connectivity index is 1.60. The van der Waals surface area contributed by atoms with Crippen LogP contribution in [0.15, 0.2) is 35.4 Å². The molecule has 0 saturated carbocycles. The van der Waals surface area contributed by atoms with Crippen LogP contribution in [0.4, 0.5) is 5.69 Å². The first-order valence-corrected chi connectivity index (χ1v) is 9.38. The Morgan fingerprint density at radius 2 is 1.96 bits per heavy atom. The zero-order valence-corrected chi connectivity index (χ0v) is 15.9. The minimum atomic E-state index is -0.173. The van der Waals surface area contributed by atoms with Gasteiger partial charge in [-0.1, -0.05) is 0 Å². The van der Waals surface area contributed by atoms with E-state index in [1.807, 2.05) is 38.4 Å². The highest BCUT2D eigenvalue weighted by molar-refractivity contribution is 5.87.